The van der Waals surface area contributed by atoms with Gasteiger partial charge in [-0.25, -0.2) is 0 Å². The average molecular weight is 272 g/mol. The summed E-state index contributed by atoms with van der Waals surface area (Å²) in [6, 6.07) is 11.4. The van der Waals surface area contributed by atoms with Crippen LogP contribution in [0, 0.1) is 0 Å². The minimum Gasteiger partial charge on any atom is -0.507 e. The highest BCUT2D eigenvalue weighted by molar-refractivity contribution is 6.07. The fraction of sp³-hybridized carbons (Fsp3) is 0.133. The first kappa shape index (κ1) is 13.7. The Hall–Kier alpha value is -2.69. The fourth-order valence-electron chi connectivity index (χ4n) is 1.81. The van der Waals surface area contributed by atoms with E-state index in [1.54, 1.807) is 37.4 Å². The van der Waals surface area contributed by atoms with Crippen LogP contribution in [0.25, 0.3) is 0 Å². The molecule has 104 valence electrons. The molecule has 2 aromatic carbocycles. The summed E-state index contributed by atoms with van der Waals surface area (Å²) >= 11 is 0. The lowest BCUT2D eigenvalue weighted by molar-refractivity contribution is 0.0990. The lowest BCUT2D eigenvalue weighted by atomic mass is 10.1. The molecule has 5 heteroatoms. The summed E-state index contributed by atoms with van der Waals surface area (Å²) < 4.78 is 5.06. The van der Waals surface area contributed by atoms with Gasteiger partial charge in [0.25, 0.3) is 5.91 Å². The molecule has 0 aliphatic carbocycles. The lowest BCUT2D eigenvalue weighted by Crippen LogP contribution is -2.26. The van der Waals surface area contributed by atoms with Crippen molar-refractivity contribution in [1.82, 2.24) is 0 Å². The van der Waals surface area contributed by atoms with Crippen LogP contribution in [0.1, 0.15) is 10.4 Å². The first-order valence-electron chi connectivity index (χ1n) is 6.03. The zero-order valence-electron chi connectivity index (χ0n) is 11.3. The van der Waals surface area contributed by atoms with Gasteiger partial charge in [0, 0.05) is 18.4 Å². The zero-order valence-corrected chi connectivity index (χ0v) is 11.3. The maximum atomic E-state index is 12.4. The molecule has 0 aromatic heterocycles. The Kier molecular flexibility index (Phi) is 3.79. The summed E-state index contributed by atoms with van der Waals surface area (Å²) in [5.74, 6) is 0.0983. The molecule has 2 aromatic rings. The Labute approximate surface area is 117 Å². The number of carbonyl (C=O) groups excluding carboxylic acids is 1. The predicted octanol–water partition coefficient (Wildman–Crippen LogP) is 2.26. The standard InChI is InChI=1S/C15H16N2O3/c1-17(11-5-3-10(16)4-6-11)15(19)13-9-12(20-2)7-8-14(13)18/h3-9,18H,16H2,1-2H3. The van der Waals surface area contributed by atoms with Crippen LogP contribution in [0.2, 0.25) is 0 Å². The van der Waals surface area contributed by atoms with Crippen molar-refractivity contribution in [1.29, 1.82) is 0 Å². The van der Waals surface area contributed by atoms with E-state index >= 15 is 0 Å². The Morgan fingerprint density at radius 2 is 1.85 bits per heavy atom. The third kappa shape index (κ3) is 2.66. The van der Waals surface area contributed by atoms with Gasteiger partial charge in [0.05, 0.1) is 12.7 Å². The van der Waals surface area contributed by atoms with Crippen LogP contribution in [0.5, 0.6) is 11.5 Å². The van der Waals surface area contributed by atoms with Crippen molar-refractivity contribution in [3.05, 3.63) is 48.0 Å². The molecule has 3 N–H and O–H groups in total. The summed E-state index contributed by atoms with van der Waals surface area (Å²) in [4.78, 5) is 13.8. The summed E-state index contributed by atoms with van der Waals surface area (Å²) in [5.41, 5.74) is 7.11. The van der Waals surface area contributed by atoms with Gasteiger partial charge < -0.3 is 20.5 Å². The Morgan fingerprint density at radius 1 is 1.20 bits per heavy atom. The molecule has 0 radical (unpaired) electrons. The first-order chi connectivity index (χ1) is 9.52. The molecule has 0 unspecified atom stereocenters. The van der Waals surface area contributed by atoms with Gasteiger partial charge in [-0.1, -0.05) is 0 Å². The number of aromatic hydroxyl groups is 1. The van der Waals surface area contributed by atoms with Crippen molar-refractivity contribution >= 4 is 17.3 Å². The number of hydrogen-bond acceptors (Lipinski definition) is 4. The maximum Gasteiger partial charge on any atom is 0.261 e. The minimum atomic E-state index is -0.328. The van der Waals surface area contributed by atoms with Crippen molar-refractivity contribution in [3.8, 4) is 11.5 Å². The number of hydrogen-bond donors (Lipinski definition) is 2. The molecule has 0 bridgehead atoms. The number of amides is 1. The third-order valence-corrected chi connectivity index (χ3v) is 3.02. The van der Waals surface area contributed by atoms with Crippen LogP contribution in [-0.2, 0) is 0 Å². The molecular weight excluding hydrogens is 256 g/mol. The Balaban J connectivity index is 2.33. The number of rotatable bonds is 3. The van der Waals surface area contributed by atoms with Gasteiger partial charge >= 0.3 is 0 Å². The highest BCUT2D eigenvalue weighted by Gasteiger charge is 2.18. The van der Waals surface area contributed by atoms with E-state index in [2.05, 4.69) is 0 Å². The van der Waals surface area contributed by atoms with Crippen LogP contribution in [-0.4, -0.2) is 25.2 Å². The molecule has 0 aliphatic rings. The average Bonchev–Trinajstić information content (AvgIpc) is 2.47. The van der Waals surface area contributed by atoms with E-state index in [1.807, 2.05) is 0 Å². The molecule has 0 atom stereocenters. The highest BCUT2D eigenvalue weighted by Crippen LogP contribution is 2.26. The number of phenols is 1. The van der Waals surface area contributed by atoms with Gasteiger partial charge in [-0.15, -0.1) is 0 Å². The molecule has 1 amide bonds. The molecular formula is C15H16N2O3. The molecule has 0 saturated heterocycles. The first-order valence-corrected chi connectivity index (χ1v) is 6.03. The minimum absolute atomic E-state index is 0.0851. The summed E-state index contributed by atoms with van der Waals surface area (Å²) in [5, 5.41) is 9.82. The molecule has 0 spiro atoms. The number of methoxy groups -OCH3 is 1. The number of nitrogens with zero attached hydrogens (tertiary/aromatic N) is 1. The van der Waals surface area contributed by atoms with E-state index in [-0.39, 0.29) is 17.2 Å². The van der Waals surface area contributed by atoms with Crippen LogP contribution in [0.15, 0.2) is 42.5 Å². The van der Waals surface area contributed by atoms with Crippen molar-refractivity contribution in [2.45, 2.75) is 0 Å². The van der Waals surface area contributed by atoms with Gasteiger partial charge in [-0.2, -0.15) is 0 Å². The van der Waals surface area contributed by atoms with Crippen molar-refractivity contribution < 1.29 is 14.6 Å². The van der Waals surface area contributed by atoms with Crippen molar-refractivity contribution in [2.24, 2.45) is 0 Å². The van der Waals surface area contributed by atoms with Crippen LogP contribution in [0.3, 0.4) is 0 Å². The van der Waals surface area contributed by atoms with E-state index in [0.29, 0.717) is 17.1 Å². The largest absolute Gasteiger partial charge is 0.507 e. The number of benzene rings is 2. The number of ether oxygens (including phenoxy) is 1. The van der Waals surface area contributed by atoms with E-state index in [0.717, 1.165) is 0 Å². The summed E-state index contributed by atoms with van der Waals surface area (Å²) in [6.45, 7) is 0. The molecule has 2 rings (SSSR count). The van der Waals surface area contributed by atoms with Crippen molar-refractivity contribution in [2.75, 3.05) is 24.8 Å². The molecule has 5 nitrogen and oxygen atoms in total. The third-order valence-electron chi connectivity index (χ3n) is 3.02. The second-order valence-corrected chi connectivity index (χ2v) is 4.34. The fourth-order valence-corrected chi connectivity index (χ4v) is 1.81. The SMILES string of the molecule is COc1ccc(O)c(C(=O)N(C)c2ccc(N)cc2)c1. The molecule has 0 fully saturated rings. The number of nitrogen functional groups attached to an aromatic ring is 1. The second kappa shape index (κ2) is 5.52. The van der Waals surface area contributed by atoms with Gasteiger partial charge in [0.15, 0.2) is 0 Å². The quantitative estimate of drug-likeness (QED) is 0.840. The summed E-state index contributed by atoms with van der Waals surface area (Å²) in [7, 11) is 3.14. The van der Waals surface area contributed by atoms with Gasteiger partial charge in [-0.05, 0) is 42.5 Å². The normalized spacial score (nSPS) is 10.1. The predicted molar refractivity (Wildman–Crippen MR) is 78.2 cm³/mol. The second-order valence-electron chi connectivity index (χ2n) is 4.34. The maximum absolute atomic E-state index is 12.4. The van der Waals surface area contributed by atoms with Gasteiger partial charge in [0.1, 0.15) is 11.5 Å². The molecule has 0 heterocycles. The molecule has 0 aliphatic heterocycles. The molecule has 0 saturated carbocycles. The molecule has 20 heavy (non-hydrogen) atoms. The van der Waals surface area contributed by atoms with E-state index in [9.17, 15) is 9.90 Å². The van der Waals surface area contributed by atoms with E-state index in [1.165, 1.54) is 24.1 Å². The van der Waals surface area contributed by atoms with Crippen molar-refractivity contribution in [3.63, 3.8) is 0 Å². The van der Waals surface area contributed by atoms with Crippen LogP contribution >= 0.6 is 0 Å². The number of nitrogens with two attached hydrogens (primary N) is 1. The van der Waals surface area contributed by atoms with Crippen LogP contribution in [0.4, 0.5) is 11.4 Å². The monoisotopic (exact) mass is 272 g/mol. The number of anilines is 2. The summed E-state index contributed by atoms with van der Waals surface area (Å²) in [6.07, 6.45) is 0. The Bertz CT molecular complexity index is 624. The Morgan fingerprint density at radius 3 is 2.45 bits per heavy atom. The number of phenolic OH excluding ortho intramolecular Hbond substituents is 1. The number of carbonyl (C=O) groups is 1. The van der Waals surface area contributed by atoms with E-state index in [4.69, 9.17) is 10.5 Å². The highest BCUT2D eigenvalue weighted by atomic mass is 16.5. The topological polar surface area (TPSA) is 75.8 Å². The zero-order chi connectivity index (χ0) is 14.7. The van der Waals surface area contributed by atoms with E-state index < -0.39 is 0 Å². The van der Waals surface area contributed by atoms with Crippen LogP contribution < -0.4 is 15.4 Å². The smallest absolute Gasteiger partial charge is 0.261 e. The lowest BCUT2D eigenvalue weighted by Gasteiger charge is -2.18. The van der Waals surface area contributed by atoms with Gasteiger partial charge in [-0.3, -0.25) is 4.79 Å². The van der Waals surface area contributed by atoms with Gasteiger partial charge in [0.2, 0.25) is 0 Å².